The fourth-order valence-electron chi connectivity index (χ4n) is 2.20. The van der Waals surface area contributed by atoms with Crippen LogP contribution in [0.2, 0.25) is 5.02 Å². The summed E-state index contributed by atoms with van der Waals surface area (Å²) in [5, 5.41) is 11.8. The van der Waals surface area contributed by atoms with Crippen LogP contribution in [0.25, 0.3) is 0 Å². The molecule has 0 spiro atoms. The van der Waals surface area contributed by atoms with Gasteiger partial charge in [-0.3, -0.25) is 10.1 Å². The van der Waals surface area contributed by atoms with Crippen LogP contribution in [0.15, 0.2) is 24.3 Å². The zero-order chi connectivity index (χ0) is 15.8. The van der Waals surface area contributed by atoms with E-state index in [-0.39, 0.29) is 23.1 Å². The van der Waals surface area contributed by atoms with Gasteiger partial charge < -0.3 is 11.5 Å². The number of aromatic nitrogens is 2. The molecule has 0 bridgehead atoms. The number of halogens is 1. The predicted octanol–water partition coefficient (Wildman–Crippen LogP) is 2.53. The molecule has 0 aliphatic carbocycles. The lowest BCUT2D eigenvalue weighted by Gasteiger charge is -2.25. The molecule has 0 fully saturated rings. The van der Waals surface area contributed by atoms with E-state index in [1.54, 1.807) is 38.1 Å². The molecule has 21 heavy (non-hydrogen) atoms. The Morgan fingerprint density at radius 1 is 1.24 bits per heavy atom. The molecule has 0 unspecified atom stereocenters. The standard InChI is InChI=1S/C13H14ClN5O2/c1-13(2,7-5-3-4-6-8(7)14)10-9(19(20)21)11(15)18-12(16)17-10/h3-6H,1-2H3,(H4,15,16,17,18). The molecule has 7 nitrogen and oxygen atoms in total. The van der Waals surface area contributed by atoms with Crippen molar-refractivity contribution in [2.75, 3.05) is 11.5 Å². The van der Waals surface area contributed by atoms with Crippen molar-refractivity contribution in [1.29, 1.82) is 0 Å². The molecule has 0 radical (unpaired) electrons. The first kappa shape index (κ1) is 15.0. The molecular formula is C13H14ClN5O2. The van der Waals surface area contributed by atoms with Gasteiger partial charge in [-0.25, -0.2) is 4.98 Å². The number of rotatable bonds is 3. The van der Waals surface area contributed by atoms with Crippen LogP contribution in [-0.2, 0) is 5.41 Å². The molecule has 0 amide bonds. The molecule has 1 aromatic heterocycles. The third kappa shape index (κ3) is 2.59. The molecule has 1 heterocycles. The first-order valence-electron chi connectivity index (χ1n) is 6.08. The second-order valence-electron chi connectivity index (χ2n) is 5.03. The Kier molecular flexibility index (Phi) is 3.69. The van der Waals surface area contributed by atoms with Crippen LogP contribution in [0.5, 0.6) is 0 Å². The van der Waals surface area contributed by atoms with Gasteiger partial charge in [0.15, 0.2) is 0 Å². The second-order valence-corrected chi connectivity index (χ2v) is 5.43. The highest BCUT2D eigenvalue weighted by molar-refractivity contribution is 6.31. The van der Waals surface area contributed by atoms with Crippen LogP contribution in [0, 0.1) is 10.1 Å². The summed E-state index contributed by atoms with van der Waals surface area (Å²) in [7, 11) is 0. The summed E-state index contributed by atoms with van der Waals surface area (Å²) in [6, 6.07) is 7.06. The minimum atomic E-state index is -0.855. The summed E-state index contributed by atoms with van der Waals surface area (Å²) in [6.07, 6.45) is 0. The summed E-state index contributed by atoms with van der Waals surface area (Å²) in [6.45, 7) is 3.53. The van der Waals surface area contributed by atoms with E-state index in [4.69, 9.17) is 23.1 Å². The average molecular weight is 308 g/mol. The van der Waals surface area contributed by atoms with E-state index < -0.39 is 10.3 Å². The Hall–Kier alpha value is -2.41. The van der Waals surface area contributed by atoms with E-state index in [1.807, 2.05) is 0 Å². The van der Waals surface area contributed by atoms with E-state index >= 15 is 0 Å². The quantitative estimate of drug-likeness (QED) is 0.664. The lowest BCUT2D eigenvalue weighted by atomic mass is 9.80. The van der Waals surface area contributed by atoms with E-state index in [0.29, 0.717) is 10.6 Å². The molecule has 8 heteroatoms. The highest BCUT2D eigenvalue weighted by Gasteiger charge is 2.36. The van der Waals surface area contributed by atoms with Crippen molar-refractivity contribution in [3.63, 3.8) is 0 Å². The largest absolute Gasteiger partial charge is 0.378 e. The van der Waals surface area contributed by atoms with Crippen molar-refractivity contribution < 1.29 is 4.92 Å². The topological polar surface area (TPSA) is 121 Å². The van der Waals surface area contributed by atoms with Gasteiger partial charge in [0.05, 0.1) is 4.92 Å². The molecular weight excluding hydrogens is 294 g/mol. The van der Waals surface area contributed by atoms with Crippen LogP contribution >= 0.6 is 11.6 Å². The number of hydrogen-bond donors (Lipinski definition) is 2. The number of nitrogen functional groups attached to an aromatic ring is 2. The smallest absolute Gasteiger partial charge is 0.333 e. The van der Waals surface area contributed by atoms with Gasteiger partial charge in [0, 0.05) is 10.4 Å². The summed E-state index contributed by atoms with van der Waals surface area (Å²) in [4.78, 5) is 18.4. The highest BCUT2D eigenvalue weighted by atomic mass is 35.5. The number of nitro groups is 1. The third-order valence-corrected chi connectivity index (χ3v) is 3.58. The normalized spacial score (nSPS) is 11.4. The number of nitrogens with zero attached hydrogens (tertiary/aromatic N) is 3. The van der Waals surface area contributed by atoms with Crippen molar-refractivity contribution in [2.45, 2.75) is 19.3 Å². The minimum Gasteiger partial charge on any atom is -0.378 e. The van der Waals surface area contributed by atoms with Gasteiger partial charge in [-0.05, 0) is 25.5 Å². The molecule has 2 rings (SSSR count). The molecule has 0 atom stereocenters. The molecule has 1 aromatic carbocycles. The van der Waals surface area contributed by atoms with Gasteiger partial charge in [0.25, 0.3) is 0 Å². The van der Waals surface area contributed by atoms with Gasteiger partial charge in [-0.1, -0.05) is 29.8 Å². The molecule has 0 aliphatic heterocycles. The zero-order valence-corrected chi connectivity index (χ0v) is 12.3. The Morgan fingerprint density at radius 3 is 2.43 bits per heavy atom. The molecule has 0 saturated carbocycles. The average Bonchev–Trinajstić information content (AvgIpc) is 2.37. The molecule has 4 N–H and O–H groups in total. The summed E-state index contributed by atoms with van der Waals surface area (Å²) >= 11 is 6.19. The van der Waals surface area contributed by atoms with E-state index in [1.165, 1.54) is 0 Å². The van der Waals surface area contributed by atoms with Gasteiger partial charge in [0.1, 0.15) is 5.69 Å². The zero-order valence-electron chi connectivity index (χ0n) is 11.5. The summed E-state index contributed by atoms with van der Waals surface area (Å²) in [5.41, 5.74) is 10.8. The maximum Gasteiger partial charge on any atom is 0.333 e. The van der Waals surface area contributed by atoms with Crippen LogP contribution < -0.4 is 11.5 Å². The van der Waals surface area contributed by atoms with Crippen molar-refractivity contribution in [3.8, 4) is 0 Å². The summed E-state index contributed by atoms with van der Waals surface area (Å²) < 4.78 is 0. The predicted molar refractivity (Wildman–Crippen MR) is 81.1 cm³/mol. The van der Waals surface area contributed by atoms with Crippen molar-refractivity contribution >= 4 is 29.1 Å². The van der Waals surface area contributed by atoms with Crippen LogP contribution in [0.4, 0.5) is 17.5 Å². The third-order valence-electron chi connectivity index (χ3n) is 3.25. The highest BCUT2D eigenvalue weighted by Crippen LogP contribution is 2.40. The Bertz CT molecular complexity index is 718. The maximum atomic E-state index is 11.3. The number of benzene rings is 1. The first-order valence-corrected chi connectivity index (χ1v) is 6.45. The van der Waals surface area contributed by atoms with Crippen LogP contribution in [0.1, 0.15) is 25.1 Å². The van der Waals surface area contributed by atoms with Gasteiger partial charge >= 0.3 is 5.69 Å². The fraction of sp³-hybridized carbons (Fsp3) is 0.231. The maximum absolute atomic E-state index is 11.3. The molecule has 110 valence electrons. The van der Waals surface area contributed by atoms with E-state index in [2.05, 4.69) is 9.97 Å². The Labute approximate surface area is 126 Å². The Morgan fingerprint density at radius 2 is 1.86 bits per heavy atom. The Balaban J connectivity index is 2.76. The fourth-order valence-corrected chi connectivity index (χ4v) is 2.57. The van der Waals surface area contributed by atoms with Gasteiger partial charge in [-0.15, -0.1) is 0 Å². The summed E-state index contributed by atoms with van der Waals surface area (Å²) in [5.74, 6) is -0.379. The van der Waals surface area contributed by atoms with Crippen molar-refractivity contribution in [2.24, 2.45) is 0 Å². The minimum absolute atomic E-state index is 0.117. The lowest BCUT2D eigenvalue weighted by Crippen LogP contribution is -2.24. The number of anilines is 2. The lowest BCUT2D eigenvalue weighted by molar-refractivity contribution is -0.385. The van der Waals surface area contributed by atoms with Crippen LogP contribution in [0.3, 0.4) is 0 Å². The van der Waals surface area contributed by atoms with Crippen molar-refractivity contribution in [1.82, 2.24) is 9.97 Å². The second kappa shape index (κ2) is 5.17. The van der Waals surface area contributed by atoms with Crippen LogP contribution in [-0.4, -0.2) is 14.9 Å². The van der Waals surface area contributed by atoms with E-state index in [0.717, 1.165) is 0 Å². The SMILES string of the molecule is CC(C)(c1ccccc1Cl)c1nc(N)nc(N)c1[N+](=O)[O-]. The number of nitrogens with two attached hydrogens (primary N) is 2. The first-order chi connectivity index (χ1) is 9.75. The monoisotopic (exact) mass is 307 g/mol. The van der Waals surface area contributed by atoms with Gasteiger partial charge in [-0.2, -0.15) is 4.98 Å². The molecule has 0 saturated heterocycles. The number of hydrogen-bond acceptors (Lipinski definition) is 6. The van der Waals surface area contributed by atoms with E-state index in [9.17, 15) is 10.1 Å². The molecule has 2 aromatic rings. The van der Waals surface area contributed by atoms with Gasteiger partial charge in [0.2, 0.25) is 11.8 Å². The van der Waals surface area contributed by atoms with Crippen molar-refractivity contribution in [3.05, 3.63) is 50.7 Å². The molecule has 0 aliphatic rings.